The summed E-state index contributed by atoms with van der Waals surface area (Å²) >= 11 is 3.82. The Labute approximate surface area is 110 Å². The monoisotopic (exact) mass is 265 g/mol. The molecule has 0 saturated carbocycles. The van der Waals surface area contributed by atoms with E-state index in [0.29, 0.717) is 0 Å². The molecule has 0 N–H and O–H groups in total. The van der Waals surface area contributed by atoms with E-state index in [0.717, 1.165) is 27.2 Å². The van der Waals surface area contributed by atoms with Gasteiger partial charge in [-0.15, -0.1) is 0 Å². The second-order valence-corrected chi connectivity index (χ2v) is 4.38. The minimum atomic E-state index is 0.766. The number of hydrogen-bond donors (Lipinski definition) is 0. The van der Waals surface area contributed by atoms with Gasteiger partial charge in [0.1, 0.15) is 0 Å². The van der Waals surface area contributed by atoms with Crippen LogP contribution in [0.5, 0.6) is 0 Å². The Morgan fingerprint density at radius 2 is 1.88 bits per heavy atom. The molecular formula is C14H13FeN2. The van der Waals surface area contributed by atoms with E-state index in [4.69, 9.17) is 0 Å². The molecular weight excluding hydrogens is 252 g/mol. The fourth-order valence-corrected chi connectivity index (χ4v) is 1.77. The van der Waals surface area contributed by atoms with Gasteiger partial charge in [0.05, 0.1) is 0 Å². The molecule has 0 bridgehead atoms. The van der Waals surface area contributed by atoms with Gasteiger partial charge in [-0.2, -0.15) is 0 Å². The average molecular weight is 265 g/mol. The van der Waals surface area contributed by atoms with Crippen LogP contribution in [0.25, 0.3) is 0 Å². The van der Waals surface area contributed by atoms with Gasteiger partial charge < -0.3 is 0 Å². The first-order valence-corrected chi connectivity index (χ1v) is 5.94. The molecule has 2 aromatic rings. The normalized spacial score (nSPS) is 11.6. The van der Waals surface area contributed by atoms with E-state index in [9.17, 15) is 0 Å². The second kappa shape index (κ2) is 5.26. The van der Waals surface area contributed by atoms with E-state index in [1.54, 1.807) is 0 Å². The first-order valence-electron chi connectivity index (χ1n) is 5.39. The van der Waals surface area contributed by atoms with E-state index < -0.39 is 0 Å². The van der Waals surface area contributed by atoms with Gasteiger partial charge in [0, 0.05) is 0 Å². The number of hydrogen-bond acceptors (Lipinski definition) is 2. The van der Waals surface area contributed by atoms with Crippen LogP contribution in [0.4, 0.5) is 5.69 Å². The number of aliphatic imine (C=N–C) groups is 1. The topological polar surface area (TPSA) is 25.2 Å². The van der Waals surface area contributed by atoms with Crippen LogP contribution in [0.15, 0.2) is 47.5 Å². The molecule has 17 heavy (non-hydrogen) atoms. The molecule has 0 saturated heterocycles. The van der Waals surface area contributed by atoms with Crippen molar-refractivity contribution in [3.8, 4) is 0 Å². The maximum atomic E-state index is 4.60. The molecule has 2 nitrogen and oxygen atoms in total. The Kier molecular flexibility index (Phi) is 3.72. The van der Waals surface area contributed by atoms with Crippen molar-refractivity contribution in [2.75, 3.05) is 0 Å². The standard InChI is InChI=1S/C14H13N2.Fe/c1-11-7-3-4-8-13(11)16-12(2)14-9-5-6-10-15-14;/h3-9H,1-2H3;. The van der Waals surface area contributed by atoms with Crippen LogP contribution in [0.3, 0.4) is 0 Å². The summed E-state index contributed by atoms with van der Waals surface area (Å²) in [6.07, 6.45) is 0. The van der Waals surface area contributed by atoms with E-state index >= 15 is 0 Å². The Bertz CT molecular complexity index is 562. The first-order chi connectivity index (χ1) is 8.16. The molecule has 1 aromatic carbocycles. The summed E-state index contributed by atoms with van der Waals surface area (Å²) in [5, 5.41) is 0. The molecule has 1 heterocycles. The zero-order chi connectivity index (χ0) is 12.3. The van der Waals surface area contributed by atoms with Crippen LogP contribution in [0.2, 0.25) is 0 Å². The van der Waals surface area contributed by atoms with Crippen molar-refractivity contribution in [2.45, 2.75) is 13.8 Å². The van der Waals surface area contributed by atoms with Crippen molar-refractivity contribution in [1.82, 2.24) is 4.98 Å². The molecule has 87 valence electrons. The van der Waals surface area contributed by atoms with Gasteiger partial charge in [0.15, 0.2) is 0 Å². The Balaban J connectivity index is 2.38. The van der Waals surface area contributed by atoms with Crippen molar-refractivity contribution < 1.29 is 16.0 Å². The zero-order valence-electron chi connectivity index (χ0n) is 9.79. The summed E-state index contributed by atoms with van der Waals surface area (Å²) in [6.45, 7) is 4.02. The fraction of sp³-hybridized carbons (Fsp3) is 0.143. The Hall–Kier alpha value is -1.44. The molecule has 2 rings (SSSR count). The first kappa shape index (κ1) is 12.0. The number of rotatable bonds is 2. The number of para-hydroxylation sites is 1. The predicted molar refractivity (Wildman–Crippen MR) is 66.9 cm³/mol. The SMILES string of the molecule is CC(=Nc1ccccc1C)c1ccc[c]([Fe])n1. The van der Waals surface area contributed by atoms with Crippen molar-refractivity contribution in [2.24, 2.45) is 4.99 Å². The quantitative estimate of drug-likeness (QED) is 0.605. The summed E-state index contributed by atoms with van der Waals surface area (Å²) in [7, 11) is 0. The molecule has 0 spiro atoms. The van der Waals surface area contributed by atoms with E-state index in [1.807, 2.05) is 43.3 Å². The molecule has 0 aliphatic rings. The van der Waals surface area contributed by atoms with Gasteiger partial charge in [0.2, 0.25) is 0 Å². The predicted octanol–water partition coefficient (Wildman–Crippen LogP) is 2.70. The molecule has 0 aliphatic carbocycles. The maximum absolute atomic E-state index is 4.60. The van der Waals surface area contributed by atoms with E-state index in [1.165, 1.54) is 0 Å². The number of pyridine rings is 1. The van der Waals surface area contributed by atoms with E-state index in [-0.39, 0.29) is 0 Å². The number of aromatic nitrogens is 1. The Morgan fingerprint density at radius 3 is 2.59 bits per heavy atom. The molecule has 0 aliphatic heterocycles. The molecule has 0 fully saturated rings. The van der Waals surface area contributed by atoms with Crippen molar-refractivity contribution in [3.05, 3.63) is 53.7 Å². The average Bonchev–Trinajstić information content (AvgIpc) is 2.32. The number of nitrogens with zero attached hydrogens (tertiary/aromatic N) is 2. The zero-order valence-corrected chi connectivity index (χ0v) is 10.9. The van der Waals surface area contributed by atoms with Crippen molar-refractivity contribution in [3.63, 3.8) is 0 Å². The molecule has 3 heteroatoms. The van der Waals surface area contributed by atoms with Crippen LogP contribution in [-0.2, 0) is 16.0 Å². The third kappa shape index (κ3) is 3.02. The van der Waals surface area contributed by atoms with Crippen LogP contribution < -0.4 is 4.59 Å². The fourth-order valence-electron chi connectivity index (χ4n) is 1.53. The van der Waals surface area contributed by atoms with Crippen LogP contribution in [0, 0.1) is 6.92 Å². The molecule has 1 aromatic heterocycles. The summed E-state index contributed by atoms with van der Waals surface area (Å²) in [5.74, 6) is 0. The summed E-state index contributed by atoms with van der Waals surface area (Å²) in [6, 6.07) is 13.8. The third-order valence-electron chi connectivity index (χ3n) is 2.48. The van der Waals surface area contributed by atoms with Gasteiger partial charge >= 0.3 is 110 Å². The van der Waals surface area contributed by atoms with Crippen molar-refractivity contribution in [1.29, 1.82) is 0 Å². The van der Waals surface area contributed by atoms with Gasteiger partial charge in [-0.1, -0.05) is 0 Å². The number of aryl methyl sites for hydroxylation is 1. The van der Waals surface area contributed by atoms with E-state index in [2.05, 4.69) is 39.0 Å². The summed E-state index contributed by atoms with van der Waals surface area (Å²) in [4.78, 5) is 8.95. The summed E-state index contributed by atoms with van der Waals surface area (Å²) in [5.41, 5.74) is 3.93. The van der Waals surface area contributed by atoms with Gasteiger partial charge in [-0.3, -0.25) is 0 Å². The Morgan fingerprint density at radius 1 is 1.12 bits per heavy atom. The van der Waals surface area contributed by atoms with Crippen molar-refractivity contribution >= 4 is 16.0 Å². The molecule has 0 atom stereocenters. The molecule has 0 amide bonds. The van der Waals surface area contributed by atoms with Gasteiger partial charge in [-0.25, -0.2) is 0 Å². The minimum absolute atomic E-state index is 0.766. The van der Waals surface area contributed by atoms with Crippen LogP contribution in [-0.4, -0.2) is 10.7 Å². The molecule has 0 radical (unpaired) electrons. The summed E-state index contributed by atoms with van der Waals surface area (Å²) < 4.78 is 0.766. The van der Waals surface area contributed by atoms with Crippen LogP contribution >= 0.6 is 0 Å². The van der Waals surface area contributed by atoms with Gasteiger partial charge in [-0.05, 0) is 0 Å². The second-order valence-electron chi connectivity index (χ2n) is 3.82. The number of benzene rings is 1. The third-order valence-corrected chi connectivity index (χ3v) is 2.79. The molecule has 0 unspecified atom stereocenters. The van der Waals surface area contributed by atoms with Crippen LogP contribution in [0.1, 0.15) is 18.2 Å². The van der Waals surface area contributed by atoms with Gasteiger partial charge in [0.25, 0.3) is 0 Å².